The van der Waals surface area contributed by atoms with Crippen LogP contribution in [0.2, 0.25) is 0 Å². The van der Waals surface area contributed by atoms with E-state index in [1.165, 1.54) is 14.2 Å². The zero-order valence-corrected chi connectivity index (χ0v) is 17.4. The zero-order chi connectivity index (χ0) is 20.8. The number of nitrogens with one attached hydrogen (secondary N) is 1. The number of ether oxygens (including phenoxy) is 2. The van der Waals surface area contributed by atoms with Gasteiger partial charge in [-0.15, -0.1) is 11.3 Å². The Kier molecular flexibility index (Phi) is 7.01. The monoisotopic (exact) mass is 401 g/mol. The van der Waals surface area contributed by atoms with E-state index in [9.17, 15) is 14.9 Å². The van der Waals surface area contributed by atoms with Crippen LogP contribution in [0, 0.1) is 18.3 Å². The minimum Gasteiger partial charge on any atom is -0.493 e. The number of hydrogen-bond donors (Lipinski definition) is 1. The summed E-state index contributed by atoms with van der Waals surface area (Å²) in [6.07, 6.45) is 0. The van der Waals surface area contributed by atoms with Crippen LogP contribution in [0.1, 0.15) is 45.0 Å². The lowest BCUT2D eigenvalue weighted by Gasteiger charge is -2.17. The van der Waals surface area contributed by atoms with Crippen LogP contribution in [-0.4, -0.2) is 44.0 Å². The number of benzene rings is 1. The molecule has 2 rings (SSSR count). The Morgan fingerprint density at radius 1 is 1.18 bits per heavy atom. The fourth-order valence-corrected chi connectivity index (χ4v) is 3.87. The van der Waals surface area contributed by atoms with E-state index >= 15 is 0 Å². The minimum absolute atomic E-state index is 0.143. The van der Waals surface area contributed by atoms with E-state index in [1.54, 1.807) is 30.0 Å². The highest BCUT2D eigenvalue weighted by Crippen LogP contribution is 2.34. The fourth-order valence-electron chi connectivity index (χ4n) is 2.75. The van der Waals surface area contributed by atoms with Crippen molar-refractivity contribution in [2.75, 3.05) is 32.6 Å². The van der Waals surface area contributed by atoms with Crippen molar-refractivity contribution in [2.45, 2.75) is 20.8 Å². The van der Waals surface area contributed by atoms with E-state index < -0.39 is 5.91 Å². The third kappa shape index (κ3) is 4.10. The van der Waals surface area contributed by atoms with Gasteiger partial charge in [0, 0.05) is 18.7 Å². The summed E-state index contributed by atoms with van der Waals surface area (Å²) >= 11 is 1.12. The van der Waals surface area contributed by atoms with Gasteiger partial charge in [0.25, 0.3) is 11.8 Å². The Morgan fingerprint density at radius 3 is 2.36 bits per heavy atom. The highest BCUT2D eigenvalue weighted by Gasteiger charge is 2.24. The van der Waals surface area contributed by atoms with Gasteiger partial charge in [-0.05, 0) is 44.5 Å². The molecule has 0 aliphatic heterocycles. The standard InChI is InChI=1S/C20H23N3O4S/c1-6-23(7-2)20(25)17-12(3)14(11-21)19(28-17)22-18(24)13-8-9-15(26-4)16(10-13)27-5/h8-10H,6-7H2,1-5H3,(H,22,24). The topological polar surface area (TPSA) is 91.7 Å². The van der Waals surface area contributed by atoms with Gasteiger partial charge in [0.1, 0.15) is 11.1 Å². The van der Waals surface area contributed by atoms with Crippen LogP contribution >= 0.6 is 11.3 Å². The molecule has 0 spiro atoms. The minimum atomic E-state index is -0.402. The van der Waals surface area contributed by atoms with Gasteiger partial charge < -0.3 is 19.7 Å². The Labute approximate surface area is 168 Å². The van der Waals surface area contributed by atoms with Crippen LogP contribution < -0.4 is 14.8 Å². The maximum atomic E-state index is 12.7. The number of nitriles is 1. The summed E-state index contributed by atoms with van der Waals surface area (Å²) in [6, 6.07) is 6.89. The maximum absolute atomic E-state index is 12.7. The van der Waals surface area contributed by atoms with Gasteiger partial charge in [-0.3, -0.25) is 9.59 Å². The summed E-state index contributed by atoms with van der Waals surface area (Å²) in [7, 11) is 3.00. The number of nitrogens with zero attached hydrogens (tertiary/aromatic N) is 2. The highest BCUT2D eigenvalue weighted by molar-refractivity contribution is 7.18. The van der Waals surface area contributed by atoms with Gasteiger partial charge in [0.15, 0.2) is 11.5 Å². The van der Waals surface area contributed by atoms with Crippen LogP contribution in [0.4, 0.5) is 5.00 Å². The molecule has 148 valence electrons. The van der Waals surface area contributed by atoms with Crippen LogP contribution in [0.5, 0.6) is 11.5 Å². The quantitative estimate of drug-likeness (QED) is 0.764. The van der Waals surface area contributed by atoms with Gasteiger partial charge in [0.05, 0.1) is 24.7 Å². The second kappa shape index (κ2) is 9.24. The average Bonchev–Trinajstić information content (AvgIpc) is 3.02. The van der Waals surface area contributed by atoms with Crippen LogP contribution in [0.3, 0.4) is 0 Å². The average molecular weight is 401 g/mol. The number of methoxy groups -OCH3 is 2. The fraction of sp³-hybridized carbons (Fsp3) is 0.350. The molecule has 28 heavy (non-hydrogen) atoms. The molecule has 0 bridgehead atoms. The first-order valence-corrected chi connectivity index (χ1v) is 9.59. The molecule has 0 aliphatic rings. The second-order valence-corrected chi connectivity index (χ2v) is 6.89. The Morgan fingerprint density at radius 2 is 1.82 bits per heavy atom. The maximum Gasteiger partial charge on any atom is 0.264 e. The van der Waals surface area contributed by atoms with E-state index in [1.807, 2.05) is 13.8 Å². The Bertz CT molecular complexity index is 926. The normalized spacial score (nSPS) is 10.1. The van der Waals surface area contributed by atoms with E-state index in [2.05, 4.69) is 11.4 Å². The molecule has 1 aromatic heterocycles. The van der Waals surface area contributed by atoms with Crippen molar-refractivity contribution < 1.29 is 19.1 Å². The summed E-state index contributed by atoms with van der Waals surface area (Å²) in [4.78, 5) is 27.5. The first-order valence-electron chi connectivity index (χ1n) is 8.77. The smallest absolute Gasteiger partial charge is 0.264 e. The van der Waals surface area contributed by atoms with Gasteiger partial charge >= 0.3 is 0 Å². The van der Waals surface area contributed by atoms with Gasteiger partial charge in [0.2, 0.25) is 0 Å². The molecule has 0 radical (unpaired) electrons. The van der Waals surface area contributed by atoms with Crippen molar-refractivity contribution in [3.8, 4) is 17.6 Å². The van der Waals surface area contributed by atoms with Crippen molar-refractivity contribution in [2.24, 2.45) is 0 Å². The molecule has 8 heteroatoms. The number of rotatable bonds is 7. The number of carbonyl (C=O) groups excluding carboxylic acids is 2. The summed E-state index contributed by atoms with van der Waals surface area (Å²) in [5.41, 5.74) is 1.23. The summed E-state index contributed by atoms with van der Waals surface area (Å²) in [6.45, 7) is 6.66. The molecule has 0 fully saturated rings. The molecular formula is C20H23N3O4S. The molecule has 0 saturated carbocycles. The molecule has 0 aliphatic carbocycles. The number of thiophene rings is 1. The number of carbonyl (C=O) groups is 2. The predicted octanol–water partition coefficient (Wildman–Crippen LogP) is 3.68. The largest absolute Gasteiger partial charge is 0.493 e. The van der Waals surface area contributed by atoms with E-state index in [4.69, 9.17) is 9.47 Å². The van der Waals surface area contributed by atoms with E-state index in [-0.39, 0.29) is 5.91 Å². The molecule has 7 nitrogen and oxygen atoms in total. The third-order valence-corrected chi connectivity index (χ3v) is 5.57. The van der Waals surface area contributed by atoms with Crippen LogP contribution in [-0.2, 0) is 0 Å². The van der Waals surface area contributed by atoms with Crippen molar-refractivity contribution in [3.63, 3.8) is 0 Å². The molecule has 0 unspecified atom stereocenters. The number of anilines is 1. The Balaban J connectivity index is 2.36. The van der Waals surface area contributed by atoms with Crippen molar-refractivity contribution in [1.29, 1.82) is 5.26 Å². The second-order valence-electron chi connectivity index (χ2n) is 5.87. The molecule has 1 N–H and O–H groups in total. The first kappa shape index (κ1) is 21.3. The molecule has 2 aromatic rings. The Hall–Kier alpha value is -3.05. The predicted molar refractivity (Wildman–Crippen MR) is 109 cm³/mol. The number of hydrogen-bond acceptors (Lipinski definition) is 6. The van der Waals surface area contributed by atoms with Crippen LogP contribution in [0.15, 0.2) is 18.2 Å². The van der Waals surface area contributed by atoms with Crippen molar-refractivity contribution in [1.82, 2.24) is 4.90 Å². The van der Waals surface area contributed by atoms with Gasteiger partial charge in [-0.2, -0.15) is 5.26 Å². The lowest BCUT2D eigenvalue weighted by atomic mass is 10.1. The molecule has 1 aromatic carbocycles. The molecule has 0 saturated heterocycles. The molecular weight excluding hydrogens is 378 g/mol. The number of amides is 2. The lowest BCUT2D eigenvalue weighted by Crippen LogP contribution is -2.30. The van der Waals surface area contributed by atoms with E-state index in [0.717, 1.165) is 11.3 Å². The molecule has 1 heterocycles. The zero-order valence-electron chi connectivity index (χ0n) is 16.6. The summed E-state index contributed by atoms with van der Waals surface area (Å²) in [5.74, 6) is 0.391. The SMILES string of the molecule is CCN(CC)C(=O)c1sc(NC(=O)c2ccc(OC)c(OC)c2)c(C#N)c1C. The van der Waals surface area contributed by atoms with Crippen molar-refractivity contribution in [3.05, 3.63) is 39.8 Å². The third-order valence-electron chi connectivity index (χ3n) is 4.38. The van der Waals surface area contributed by atoms with Gasteiger partial charge in [-0.25, -0.2) is 0 Å². The van der Waals surface area contributed by atoms with Crippen molar-refractivity contribution >= 4 is 28.2 Å². The summed E-state index contributed by atoms with van der Waals surface area (Å²) in [5, 5.41) is 12.6. The van der Waals surface area contributed by atoms with Gasteiger partial charge in [-0.1, -0.05) is 0 Å². The van der Waals surface area contributed by atoms with Crippen LogP contribution in [0.25, 0.3) is 0 Å². The van der Waals surface area contributed by atoms with E-state index in [0.29, 0.717) is 51.2 Å². The molecule has 0 atom stereocenters. The summed E-state index contributed by atoms with van der Waals surface area (Å²) < 4.78 is 10.4. The lowest BCUT2D eigenvalue weighted by molar-refractivity contribution is 0.0777. The highest BCUT2D eigenvalue weighted by atomic mass is 32.1. The molecule has 2 amide bonds. The first-order chi connectivity index (χ1) is 13.4.